The van der Waals surface area contributed by atoms with Crippen LogP contribution < -0.4 is 15.5 Å². The smallest absolute Gasteiger partial charge is 0.247 e. The Hall–Kier alpha value is -4.02. The molecule has 1 aliphatic heterocycles. The molecule has 0 bridgehead atoms. The highest BCUT2D eigenvalue weighted by Crippen LogP contribution is 2.33. The zero-order valence-corrected chi connectivity index (χ0v) is 20.3. The van der Waals surface area contributed by atoms with Crippen LogP contribution in [0.5, 0.6) is 0 Å². The number of benzene rings is 2. The molecule has 2 aromatic heterocycles. The summed E-state index contributed by atoms with van der Waals surface area (Å²) < 4.78 is 14.7. The van der Waals surface area contributed by atoms with Gasteiger partial charge in [0.25, 0.3) is 0 Å². The van der Waals surface area contributed by atoms with Gasteiger partial charge in [-0.1, -0.05) is 30.3 Å². The largest absolute Gasteiger partial charge is 0.367 e. The number of H-pyrrole nitrogens is 1. The second kappa shape index (κ2) is 9.92. The molecule has 184 valence electrons. The maximum Gasteiger partial charge on any atom is 0.247 e. The molecule has 5 rings (SSSR count). The minimum Gasteiger partial charge on any atom is -0.367 e. The zero-order chi connectivity index (χ0) is 25.2. The summed E-state index contributed by atoms with van der Waals surface area (Å²) >= 11 is 6.34. The Labute approximate surface area is 212 Å². The number of aromatic nitrogens is 4. The summed E-state index contributed by atoms with van der Waals surface area (Å²) in [5.74, 6) is -0.314. The van der Waals surface area contributed by atoms with Gasteiger partial charge in [0.15, 0.2) is 10.8 Å². The van der Waals surface area contributed by atoms with Crippen LogP contribution in [0.1, 0.15) is 0 Å². The van der Waals surface area contributed by atoms with Crippen LogP contribution in [0.4, 0.5) is 27.4 Å². The number of nitrogens with one attached hydrogen (secondary N) is 3. The number of hydrogen-bond acceptors (Lipinski definition) is 7. The minimum absolute atomic E-state index is 0.228. The van der Waals surface area contributed by atoms with Gasteiger partial charge >= 0.3 is 0 Å². The Balaban J connectivity index is 1.50. The van der Waals surface area contributed by atoms with E-state index in [9.17, 15) is 9.18 Å². The molecule has 0 saturated carbocycles. The Morgan fingerprint density at radius 2 is 1.94 bits per heavy atom. The first-order valence-electron chi connectivity index (χ1n) is 11.4. The predicted octanol–water partition coefficient (Wildman–Crippen LogP) is 4.43. The van der Waals surface area contributed by atoms with E-state index in [-0.39, 0.29) is 22.8 Å². The molecule has 0 unspecified atom stereocenters. The molecule has 0 radical (unpaired) electrons. The van der Waals surface area contributed by atoms with Gasteiger partial charge in [-0.2, -0.15) is 10.1 Å². The van der Waals surface area contributed by atoms with Crippen LogP contribution in [0.3, 0.4) is 0 Å². The third-order valence-electron chi connectivity index (χ3n) is 6.01. The predicted molar refractivity (Wildman–Crippen MR) is 140 cm³/mol. The molecular formula is C25H24ClFN8O. The van der Waals surface area contributed by atoms with Gasteiger partial charge in [0.2, 0.25) is 11.9 Å². The van der Waals surface area contributed by atoms with Crippen molar-refractivity contribution in [1.29, 1.82) is 0 Å². The first kappa shape index (κ1) is 23.7. The number of hydrogen-bond donors (Lipinski definition) is 3. The average molecular weight is 507 g/mol. The third kappa shape index (κ3) is 4.86. The molecule has 9 nitrogen and oxygen atoms in total. The quantitative estimate of drug-likeness (QED) is 0.332. The highest BCUT2D eigenvalue weighted by Gasteiger charge is 2.19. The molecule has 3 heterocycles. The Morgan fingerprint density at radius 3 is 2.72 bits per heavy atom. The van der Waals surface area contributed by atoms with Gasteiger partial charge in [0.05, 0.1) is 16.8 Å². The number of anilines is 4. The highest BCUT2D eigenvalue weighted by molar-refractivity contribution is 6.35. The van der Waals surface area contributed by atoms with Crippen molar-refractivity contribution in [2.24, 2.45) is 0 Å². The van der Waals surface area contributed by atoms with Crippen molar-refractivity contribution >= 4 is 51.6 Å². The molecule has 11 heteroatoms. The Kier molecular flexibility index (Phi) is 6.53. The minimum atomic E-state index is -0.323. The lowest BCUT2D eigenvalue weighted by molar-refractivity contribution is -0.111. The summed E-state index contributed by atoms with van der Waals surface area (Å²) in [7, 11) is 2.06. The lowest BCUT2D eigenvalue weighted by Crippen LogP contribution is -2.44. The van der Waals surface area contributed by atoms with E-state index in [1.54, 1.807) is 30.3 Å². The van der Waals surface area contributed by atoms with Crippen LogP contribution in [-0.4, -0.2) is 64.2 Å². The number of rotatable bonds is 6. The number of amides is 1. The Morgan fingerprint density at radius 1 is 1.14 bits per heavy atom. The van der Waals surface area contributed by atoms with Crippen LogP contribution >= 0.6 is 11.6 Å². The summed E-state index contributed by atoms with van der Waals surface area (Å²) in [4.78, 5) is 25.2. The molecule has 1 aliphatic rings. The number of aromatic amines is 1. The van der Waals surface area contributed by atoms with Crippen molar-refractivity contribution in [2.75, 3.05) is 48.8 Å². The van der Waals surface area contributed by atoms with Gasteiger partial charge in [-0.15, -0.1) is 0 Å². The summed E-state index contributed by atoms with van der Waals surface area (Å²) in [6.45, 7) is 6.71. The van der Waals surface area contributed by atoms with Gasteiger partial charge in [-0.05, 0) is 43.5 Å². The molecule has 0 spiro atoms. The van der Waals surface area contributed by atoms with E-state index in [2.05, 4.69) is 44.3 Å². The van der Waals surface area contributed by atoms with Crippen molar-refractivity contribution in [2.45, 2.75) is 0 Å². The fraction of sp³-hybridized carbons (Fsp3) is 0.200. The number of carbonyl (C=O) groups excluding carboxylic acids is 1. The van der Waals surface area contributed by atoms with E-state index in [1.807, 2.05) is 11.0 Å². The summed E-state index contributed by atoms with van der Waals surface area (Å²) in [5.41, 5.74) is 3.42. The van der Waals surface area contributed by atoms with E-state index in [1.165, 1.54) is 12.1 Å². The molecule has 0 aliphatic carbocycles. The molecule has 4 aromatic rings. The molecule has 1 amide bonds. The van der Waals surface area contributed by atoms with E-state index < -0.39 is 0 Å². The number of halogens is 2. The molecule has 3 N–H and O–H groups in total. The van der Waals surface area contributed by atoms with Crippen molar-refractivity contribution in [1.82, 2.24) is 25.1 Å². The van der Waals surface area contributed by atoms with E-state index in [0.717, 1.165) is 26.2 Å². The molecule has 0 atom stereocenters. The zero-order valence-electron chi connectivity index (χ0n) is 19.6. The first-order chi connectivity index (χ1) is 17.4. The van der Waals surface area contributed by atoms with Crippen LogP contribution in [-0.2, 0) is 4.79 Å². The fourth-order valence-electron chi connectivity index (χ4n) is 4.11. The molecule has 1 fully saturated rings. The second-order valence-corrected chi connectivity index (χ2v) is 8.85. The van der Waals surface area contributed by atoms with Gasteiger partial charge < -0.3 is 20.4 Å². The van der Waals surface area contributed by atoms with Gasteiger partial charge in [0, 0.05) is 43.1 Å². The van der Waals surface area contributed by atoms with Crippen molar-refractivity contribution in [3.05, 3.63) is 66.1 Å². The number of nitrogens with zero attached hydrogens (tertiary/aromatic N) is 5. The Bertz CT molecular complexity index is 1450. The van der Waals surface area contributed by atoms with Crippen LogP contribution in [0.2, 0.25) is 5.15 Å². The number of carbonyl (C=O) groups is 1. The summed E-state index contributed by atoms with van der Waals surface area (Å²) in [5, 5.41) is 13.6. The lowest BCUT2D eigenvalue weighted by Gasteiger charge is -2.34. The first-order valence-corrected chi connectivity index (χ1v) is 11.7. The molecule has 2 aromatic carbocycles. The third-order valence-corrected chi connectivity index (χ3v) is 6.28. The summed E-state index contributed by atoms with van der Waals surface area (Å²) in [6.07, 6.45) is 1.20. The topological polar surface area (TPSA) is 102 Å². The van der Waals surface area contributed by atoms with Crippen molar-refractivity contribution in [3.63, 3.8) is 0 Å². The maximum absolute atomic E-state index is 14.7. The maximum atomic E-state index is 14.7. The van der Waals surface area contributed by atoms with Crippen LogP contribution in [0.15, 0.2) is 55.1 Å². The van der Waals surface area contributed by atoms with Crippen LogP contribution in [0, 0.1) is 5.82 Å². The molecular weight excluding hydrogens is 483 g/mol. The highest BCUT2D eigenvalue weighted by atomic mass is 35.5. The van der Waals surface area contributed by atoms with E-state index in [0.29, 0.717) is 39.4 Å². The average Bonchev–Trinajstić information content (AvgIpc) is 3.26. The SMILES string of the molecule is C=CC(=O)Nc1cccc(-c2nc(Nc3ccc(F)c(N4CCN(C)CC4)c3)nc3[nH]nc(Cl)c23)c1. The number of piperazine rings is 1. The fourth-order valence-corrected chi connectivity index (χ4v) is 4.33. The van der Waals surface area contributed by atoms with Gasteiger partial charge in [-0.3, -0.25) is 9.89 Å². The molecule has 1 saturated heterocycles. The normalized spacial score (nSPS) is 14.1. The molecule has 36 heavy (non-hydrogen) atoms. The monoisotopic (exact) mass is 506 g/mol. The van der Waals surface area contributed by atoms with Gasteiger partial charge in [0.1, 0.15) is 5.82 Å². The van der Waals surface area contributed by atoms with E-state index >= 15 is 0 Å². The van der Waals surface area contributed by atoms with Crippen LogP contribution in [0.25, 0.3) is 22.3 Å². The van der Waals surface area contributed by atoms with Gasteiger partial charge in [-0.25, -0.2) is 9.37 Å². The lowest BCUT2D eigenvalue weighted by atomic mass is 10.1. The number of fused-ring (bicyclic) bond motifs is 1. The standard InChI is InChI=1S/C25H24ClFN8O/c1-3-20(36)28-16-6-4-5-15(13-16)22-21-23(26)32-33-24(21)31-25(30-22)29-17-7-8-18(27)19(14-17)35-11-9-34(2)10-12-35/h3-8,13-14H,1,9-12H2,2H3,(H,28,36)(H2,29,30,31,32,33). The summed E-state index contributed by atoms with van der Waals surface area (Å²) in [6, 6.07) is 12.0. The number of likely N-dealkylation sites (N-methyl/N-ethyl adjacent to an activating group) is 1. The van der Waals surface area contributed by atoms with E-state index in [4.69, 9.17) is 16.6 Å². The van der Waals surface area contributed by atoms with Crippen molar-refractivity contribution in [3.8, 4) is 11.3 Å². The second-order valence-electron chi connectivity index (χ2n) is 8.49. The van der Waals surface area contributed by atoms with Crippen molar-refractivity contribution < 1.29 is 9.18 Å².